The third-order valence-corrected chi connectivity index (χ3v) is 3.57. The summed E-state index contributed by atoms with van der Waals surface area (Å²) in [4.78, 5) is 11.7. The van der Waals surface area contributed by atoms with Crippen LogP contribution in [0.2, 0.25) is 0 Å². The first-order valence-corrected chi connectivity index (χ1v) is 9.17. The van der Waals surface area contributed by atoms with Crippen molar-refractivity contribution in [2.24, 2.45) is 0 Å². The van der Waals surface area contributed by atoms with E-state index >= 15 is 0 Å². The van der Waals surface area contributed by atoms with Gasteiger partial charge in [0.15, 0.2) is 0 Å². The minimum Gasteiger partial charge on any atom is -0.388 e. The van der Waals surface area contributed by atoms with Crippen LogP contribution in [0.1, 0.15) is 65.7 Å². The van der Waals surface area contributed by atoms with Crippen molar-refractivity contribution in [3.8, 4) is 0 Å². The van der Waals surface area contributed by atoms with Gasteiger partial charge in [-0.05, 0) is 38.7 Å². The molecule has 1 atom stereocenters. The number of aliphatic hydroxyl groups is 1. The van der Waals surface area contributed by atoms with Gasteiger partial charge in [-0.1, -0.05) is 75.6 Å². The molecule has 24 heavy (non-hydrogen) atoms. The zero-order valence-corrected chi connectivity index (χ0v) is 15.6. The van der Waals surface area contributed by atoms with Gasteiger partial charge < -0.3 is 10.4 Å². The highest BCUT2D eigenvalue weighted by atomic mass is 16.3. The number of amides is 1. The van der Waals surface area contributed by atoms with Crippen LogP contribution in [0.15, 0.2) is 48.6 Å². The summed E-state index contributed by atoms with van der Waals surface area (Å²) < 4.78 is 0. The molecule has 1 unspecified atom stereocenters. The lowest BCUT2D eigenvalue weighted by molar-refractivity contribution is -0.117. The Morgan fingerprint density at radius 1 is 1.00 bits per heavy atom. The first-order valence-electron chi connectivity index (χ1n) is 9.17. The molecule has 3 heteroatoms. The molecule has 0 aliphatic heterocycles. The number of rotatable bonds is 13. The third-order valence-electron chi connectivity index (χ3n) is 3.57. The summed E-state index contributed by atoms with van der Waals surface area (Å²) in [6.45, 7) is 6.32. The van der Waals surface area contributed by atoms with Crippen molar-refractivity contribution in [2.45, 2.75) is 71.3 Å². The molecule has 0 saturated heterocycles. The van der Waals surface area contributed by atoms with Gasteiger partial charge in [0, 0.05) is 6.54 Å². The summed E-state index contributed by atoms with van der Waals surface area (Å²) in [5.41, 5.74) is -0.819. The molecule has 0 aromatic heterocycles. The predicted octanol–water partition coefficient (Wildman–Crippen LogP) is 4.85. The van der Waals surface area contributed by atoms with Crippen LogP contribution in [0.4, 0.5) is 0 Å². The zero-order valence-electron chi connectivity index (χ0n) is 15.6. The van der Waals surface area contributed by atoms with Crippen LogP contribution in [0.5, 0.6) is 0 Å². The Labute approximate surface area is 148 Å². The van der Waals surface area contributed by atoms with E-state index in [-0.39, 0.29) is 5.91 Å². The van der Waals surface area contributed by atoms with Gasteiger partial charge in [0.25, 0.3) is 0 Å². The molecule has 0 aromatic carbocycles. The molecule has 0 rings (SSSR count). The van der Waals surface area contributed by atoms with Gasteiger partial charge in [0.05, 0.1) is 5.60 Å². The predicted molar refractivity (Wildman–Crippen MR) is 104 cm³/mol. The second-order valence-corrected chi connectivity index (χ2v) is 6.30. The quantitative estimate of drug-likeness (QED) is 0.287. The SMILES string of the molecule is CCC=CC=CC=CCCC=CC(=O)NCC(C)(O)CCCCC. The van der Waals surface area contributed by atoms with Crippen molar-refractivity contribution in [2.75, 3.05) is 6.54 Å². The second-order valence-electron chi connectivity index (χ2n) is 6.30. The van der Waals surface area contributed by atoms with Gasteiger partial charge >= 0.3 is 0 Å². The average Bonchev–Trinajstić information content (AvgIpc) is 2.55. The third kappa shape index (κ3) is 15.3. The topological polar surface area (TPSA) is 49.3 Å². The van der Waals surface area contributed by atoms with Crippen LogP contribution < -0.4 is 5.32 Å². The van der Waals surface area contributed by atoms with Crippen LogP contribution in [0.3, 0.4) is 0 Å². The van der Waals surface area contributed by atoms with E-state index in [2.05, 4.69) is 31.3 Å². The van der Waals surface area contributed by atoms with Gasteiger partial charge in [-0.2, -0.15) is 0 Å². The summed E-state index contributed by atoms with van der Waals surface area (Å²) in [5, 5.41) is 12.9. The average molecular weight is 334 g/mol. The Balaban J connectivity index is 3.83. The summed E-state index contributed by atoms with van der Waals surface area (Å²) in [5.74, 6) is -0.139. The van der Waals surface area contributed by atoms with E-state index in [9.17, 15) is 9.90 Å². The smallest absolute Gasteiger partial charge is 0.243 e. The maximum atomic E-state index is 11.7. The maximum Gasteiger partial charge on any atom is 0.243 e. The van der Waals surface area contributed by atoms with Crippen molar-refractivity contribution in [3.63, 3.8) is 0 Å². The summed E-state index contributed by atoms with van der Waals surface area (Å²) in [6.07, 6.45) is 22.4. The molecule has 0 aliphatic carbocycles. The minimum atomic E-state index is -0.819. The molecule has 0 bridgehead atoms. The van der Waals surface area contributed by atoms with Gasteiger partial charge in [-0.25, -0.2) is 0 Å². The van der Waals surface area contributed by atoms with Crippen LogP contribution in [0, 0.1) is 0 Å². The number of carbonyl (C=O) groups excluding carboxylic acids is 1. The Hall–Kier alpha value is -1.61. The van der Waals surface area contributed by atoms with Crippen LogP contribution in [0.25, 0.3) is 0 Å². The number of unbranched alkanes of at least 4 members (excludes halogenated alkanes) is 3. The monoisotopic (exact) mass is 333 g/mol. The lowest BCUT2D eigenvalue weighted by atomic mass is 9.98. The molecular formula is C21H35NO2. The Morgan fingerprint density at radius 2 is 1.67 bits per heavy atom. The number of hydrogen-bond donors (Lipinski definition) is 2. The lowest BCUT2D eigenvalue weighted by Gasteiger charge is -2.23. The van der Waals surface area contributed by atoms with Crippen molar-refractivity contribution in [3.05, 3.63) is 48.6 Å². The molecule has 2 N–H and O–H groups in total. The Bertz CT molecular complexity index is 431. The Morgan fingerprint density at radius 3 is 2.33 bits per heavy atom. The van der Waals surface area contributed by atoms with Crippen LogP contribution >= 0.6 is 0 Å². The first-order chi connectivity index (χ1) is 11.5. The van der Waals surface area contributed by atoms with E-state index in [4.69, 9.17) is 0 Å². The fourth-order valence-electron chi connectivity index (χ4n) is 2.08. The zero-order chi connectivity index (χ0) is 18.1. The van der Waals surface area contributed by atoms with Gasteiger partial charge in [0.1, 0.15) is 0 Å². The second kappa shape index (κ2) is 14.9. The minimum absolute atomic E-state index is 0.139. The highest BCUT2D eigenvalue weighted by Gasteiger charge is 2.19. The normalized spacial score (nSPS) is 15.0. The van der Waals surface area contributed by atoms with Gasteiger partial charge in [-0.15, -0.1) is 0 Å². The molecule has 1 amide bonds. The molecule has 0 fully saturated rings. The van der Waals surface area contributed by atoms with E-state index in [0.717, 1.165) is 44.9 Å². The summed E-state index contributed by atoms with van der Waals surface area (Å²) in [7, 11) is 0. The summed E-state index contributed by atoms with van der Waals surface area (Å²) >= 11 is 0. The molecular weight excluding hydrogens is 298 g/mol. The highest BCUT2D eigenvalue weighted by Crippen LogP contribution is 2.13. The highest BCUT2D eigenvalue weighted by molar-refractivity contribution is 5.87. The van der Waals surface area contributed by atoms with Crippen molar-refractivity contribution >= 4 is 5.91 Å². The van der Waals surface area contributed by atoms with Gasteiger partial charge in [-0.3, -0.25) is 4.79 Å². The fourth-order valence-corrected chi connectivity index (χ4v) is 2.08. The Kier molecular flexibility index (Phi) is 13.9. The molecule has 0 saturated carbocycles. The first kappa shape index (κ1) is 22.4. The lowest BCUT2D eigenvalue weighted by Crippen LogP contribution is -2.40. The maximum absolute atomic E-state index is 11.7. The number of hydrogen-bond acceptors (Lipinski definition) is 2. The molecule has 136 valence electrons. The van der Waals surface area contributed by atoms with E-state index in [1.807, 2.05) is 30.4 Å². The number of carbonyl (C=O) groups is 1. The van der Waals surface area contributed by atoms with Gasteiger partial charge in [0.2, 0.25) is 5.91 Å². The van der Waals surface area contributed by atoms with Crippen molar-refractivity contribution < 1.29 is 9.90 Å². The molecule has 0 aliphatic rings. The van der Waals surface area contributed by atoms with Crippen molar-refractivity contribution in [1.82, 2.24) is 5.32 Å². The van der Waals surface area contributed by atoms with E-state index in [1.165, 1.54) is 0 Å². The number of allylic oxidation sites excluding steroid dienone is 7. The van der Waals surface area contributed by atoms with Crippen LogP contribution in [-0.4, -0.2) is 23.2 Å². The molecule has 0 spiro atoms. The van der Waals surface area contributed by atoms with E-state index in [0.29, 0.717) is 6.54 Å². The van der Waals surface area contributed by atoms with E-state index in [1.54, 1.807) is 13.0 Å². The standard InChI is InChI=1S/C21H35NO2/c1-4-6-8-9-10-11-12-13-14-15-17-20(23)22-19-21(3,24)18-16-7-5-2/h6,8-12,15,17,24H,4-5,7,13-14,16,18-19H2,1-3H3,(H,22,23). The van der Waals surface area contributed by atoms with E-state index < -0.39 is 5.60 Å². The molecule has 0 radical (unpaired) electrons. The molecule has 0 heterocycles. The molecule has 0 aromatic rings. The van der Waals surface area contributed by atoms with Crippen molar-refractivity contribution in [1.29, 1.82) is 0 Å². The number of nitrogens with one attached hydrogen (secondary N) is 1. The molecule has 3 nitrogen and oxygen atoms in total. The van der Waals surface area contributed by atoms with Crippen LogP contribution in [-0.2, 0) is 4.79 Å². The fraction of sp³-hybridized carbons (Fsp3) is 0.571. The summed E-state index contributed by atoms with van der Waals surface area (Å²) in [6, 6.07) is 0. The largest absolute Gasteiger partial charge is 0.388 e.